The Morgan fingerprint density at radius 2 is 2.21 bits per heavy atom. The molecule has 0 unspecified atom stereocenters. The van der Waals surface area contributed by atoms with Gasteiger partial charge in [0.25, 0.3) is 5.91 Å². The van der Waals surface area contributed by atoms with Crippen LogP contribution in [0.5, 0.6) is 5.75 Å². The molecule has 8 heteroatoms. The molecule has 2 aliphatic heterocycles. The van der Waals surface area contributed by atoms with E-state index in [-0.39, 0.29) is 23.9 Å². The Kier molecular flexibility index (Phi) is 3.92. The number of nitrogens with zero attached hydrogens (tertiary/aromatic N) is 4. The van der Waals surface area contributed by atoms with Crippen LogP contribution in [0, 0.1) is 5.82 Å². The number of fused-ring (bicyclic) bond motifs is 4. The third kappa shape index (κ3) is 2.85. The standard InChI is InChI=1S/C20H20FN5O2/c1-12-15-9-13(21)4-5-17(15)28-14-3-2-7-25(11-14)20(27)16-10-22-26-8-6-18(23-12)24-19(16)26/h4-6,8-10,12,14H,2-3,7,11H2,1H3,(H,23,24)/t12-,14-/m1/s1. The topological polar surface area (TPSA) is 71.8 Å². The highest BCUT2D eigenvalue weighted by atomic mass is 19.1. The largest absolute Gasteiger partial charge is 0.488 e. The first-order chi connectivity index (χ1) is 13.6. The van der Waals surface area contributed by atoms with Crippen molar-refractivity contribution in [1.82, 2.24) is 19.5 Å². The molecule has 4 bridgehead atoms. The van der Waals surface area contributed by atoms with Crippen LogP contribution >= 0.6 is 0 Å². The predicted octanol–water partition coefficient (Wildman–Crippen LogP) is 3.04. The van der Waals surface area contributed by atoms with Crippen molar-refractivity contribution in [3.8, 4) is 5.75 Å². The van der Waals surface area contributed by atoms with Crippen LogP contribution in [0.2, 0.25) is 0 Å². The zero-order valence-corrected chi connectivity index (χ0v) is 15.4. The summed E-state index contributed by atoms with van der Waals surface area (Å²) in [5.41, 5.74) is 1.70. The predicted molar refractivity (Wildman–Crippen MR) is 101 cm³/mol. The lowest BCUT2D eigenvalue weighted by atomic mass is 10.0. The number of ether oxygens (including phenoxy) is 1. The number of nitrogens with one attached hydrogen (secondary N) is 1. The van der Waals surface area contributed by atoms with Gasteiger partial charge in [-0.05, 0) is 44.0 Å². The molecule has 0 aliphatic carbocycles. The molecule has 0 spiro atoms. The maximum absolute atomic E-state index is 13.9. The minimum Gasteiger partial charge on any atom is -0.488 e. The van der Waals surface area contributed by atoms with Gasteiger partial charge < -0.3 is 15.0 Å². The number of aromatic nitrogens is 3. The van der Waals surface area contributed by atoms with Crippen LogP contribution in [0.25, 0.3) is 5.65 Å². The number of hydrogen-bond acceptors (Lipinski definition) is 5. The summed E-state index contributed by atoms with van der Waals surface area (Å²) < 4.78 is 21.8. The van der Waals surface area contributed by atoms with E-state index in [4.69, 9.17) is 4.74 Å². The van der Waals surface area contributed by atoms with Crippen molar-refractivity contribution in [1.29, 1.82) is 0 Å². The average molecular weight is 381 g/mol. The summed E-state index contributed by atoms with van der Waals surface area (Å²) in [6, 6.07) is 6.10. The van der Waals surface area contributed by atoms with Crippen LogP contribution in [0.4, 0.5) is 10.2 Å². The molecule has 1 aromatic carbocycles. The molecule has 0 radical (unpaired) electrons. The van der Waals surface area contributed by atoms with Gasteiger partial charge in [0.15, 0.2) is 5.65 Å². The molecule has 5 rings (SSSR count). The van der Waals surface area contributed by atoms with E-state index in [1.807, 2.05) is 6.92 Å². The van der Waals surface area contributed by atoms with Gasteiger partial charge in [0, 0.05) is 18.3 Å². The molecule has 2 aromatic heterocycles. The zero-order chi connectivity index (χ0) is 19.3. The van der Waals surface area contributed by atoms with E-state index in [2.05, 4.69) is 15.4 Å². The van der Waals surface area contributed by atoms with Crippen molar-refractivity contribution in [3.63, 3.8) is 0 Å². The first kappa shape index (κ1) is 17.0. The quantitative estimate of drug-likeness (QED) is 0.648. The summed E-state index contributed by atoms with van der Waals surface area (Å²) in [6.07, 6.45) is 4.87. The lowest BCUT2D eigenvalue weighted by Crippen LogP contribution is -2.44. The molecule has 3 aromatic rings. The molecule has 2 atom stereocenters. The number of amides is 1. The van der Waals surface area contributed by atoms with Gasteiger partial charge in [-0.1, -0.05) is 0 Å². The van der Waals surface area contributed by atoms with E-state index in [1.54, 1.807) is 33.9 Å². The summed E-state index contributed by atoms with van der Waals surface area (Å²) >= 11 is 0. The van der Waals surface area contributed by atoms with Crippen molar-refractivity contribution in [2.45, 2.75) is 31.9 Å². The number of piperidine rings is 1. The van der Waals surface area contributed by atoms with E-state index < -0.39 is 0 Å². The molecule has 144 valence electrons. The maximum Gasteiger partial charge on any atom is 0.259 e. The molecule has 28 heavy (non-hydrogen) atoms. The number of anilines is 1. The van der Waals surface area contributed by atoms with Gasteiger partial charge in [0.2, 0.25) is 0 Å². The summed E-state index contributed by atoms with van der Waals surface area (Å²) in [5, 5.41) is 7.54. The van der Waals surface area contributed by atoms with Gasteiger partial charge >= 0.3 is 0 Å². The van der Waals surface area contributed by atoms with E-state index in [0.29, 0.717) is 35.9 Å². The highest BCUT2D eigenvalue weighted by molar-refractivity contribution is 5.99. The fraction of sp³-hybridized carbons (Fsp3) is 0.350. The molecule has 2 aliphatic rings. The Balaban J connectivity index is 1.65. The van der Waals surface area contributed by atoms with Crippen molar-refractivity contribution >= 4 is 17.4 Å². The zero-order valence-electron chi connectivity index (χ0n) is 15.4. The van der Waals surface area contributed by atoms with Crippen LogP contribution in [0.15, 0.2) is 36.7 Å². The summed E-state index contributed by atoms with van der Waals surface area (Å²) in [7, 11) is 0. The van der Waals surface area contributed by atoms with Crippen molar-refractivity contribution < 1.29 is 13.9 Å². The number of carbonyl (C=O) groups is 1. The number of carbonyl (C=O) groups excluding carboxylic acids is 1. The van der Waals surface area contributed by atoms with Gasteiger partial charge in [0.1, 0.15) is 29.1 Å². The van der Waals surface area contributed by atoms with Crippen LogP contribution in [-0.4, -0.2) is 44.6 Å². The smallest absolute Gasteiger partial charge is 0.259 e. The second-order valence-corrected chi connectivity index (χ2v) is 7.32. The van der Waals surface area contributed by atoms with E-state index in [1.165, 1.54) is 12.1 Å². The minimum absolute atomic E-state index is 0.0976. The third-order valence-electron chi connectivity index (χ3n) is 5.36. The first-order valence-electron chi connectivity index (χ1n) is 9.45. The van der Waals surface area contributed by atoms with Crippen molar-refractivity contribution in [2.75, 3.05) is 18.4 Å². The van der Waals surface area contributed by atoms with Crippen LogP contribution < -0.4 is 10.1 Å². The van der Waals surface area contributed by atoms with Crippen LogP contribution in [0.1, 0.15) is 41.7 Å². The van der Waals surface area contributed by atoms with E-state index in [0.717, 1.165) is 18.4 Å². The van der Waals surface area contributed by atoms with Crippen molar-refractivity contribution in [3.05, 3.63) is 53.6 Å². The lowest BCUT2D eigenvalue weighted by Gasteiger charge is -2.33. The highest BCUT2D eigenvalue weighted by Crippen LogP contribution is 2.31. The average Bonchev–Trinajstić information content (AvgIpc) is 3.11. The van der Waals surface area contributed by atoms with Gasteiger partial charge in [-0.25, -0.2) is 13.9 Å². The van der Waals surface area contributed by atoms with Gasteiger partial charge in [0.05, 0.1) is 18.8 Å². The highest BCUT2D eigenvalue weighted by Gasteiger charge is 2.29. The molecular weight excluding hydrogens is 361 g/mol. The Bertz CT molecular complexity index is 1070. The fourth-order valence-electron chi connectivity index (χ4n) is 3.93. The van der Waals surface area contributed by atoms with Crippen molar-refractivity contribution in [2.24, 2.45) is 0 Å². The maximum atomic E-state index is 13.9. The minimum atomic E-state index is -0.317. The summed E-state index contributed by atoms with van der Waals surface area (Å²) in [5.74, 6) is 0.799. The number of rotatable bonds is 0. The lowest BCUT2D eigenvalue weighted by molar-refractivity contribution is 0.0537. The van der Waals surface area contributed by atoms with Gasteiger partial charge in [-0.2, -0.15) is 5.10 Å². The number of hydrogen-bond donors (Lipinski definition) is 1. The molecule has 1 fully saturated rings. The summed E-state index contributed by atoms with van der Waals surface area (Å²) in [6.45, 7) is 3.08. The number of halogens is 1. The molecule has 0 saturated carbocycles. The molecule has 1 N–H and O–H groups in total. The Morgan fingerprint density at radius 1 is 1.32 bits per heavy atom. The summed E-state index contributed by atoms with van der Waals surface area (Å²) in [4.78, 5) is 19.5. The van der Waals surface area contributed by atoms with E-state index in [9.17, 15) is 9.18 Å². The number of benzene rings is 1. The second-order valence-electron chi connectivity index (χ2n) is 7.32. The fourth-order valence-corrected chi connectivity index (χ4v) is 3.93. The van der Waals surface area contributed by atoms with Crippen LogP contribution in [-0.2, 0) is 0 Å². The Morgan fingerprint density at radius 3 is 3.11 bits per heavy atom. The molecular formula is C20H20FN5O2. The van der Waals surface area contributed by atoms with Gasteiger partial charge in [-0.15, -0.1) is 0 Å². The first-order valence-corrected chi connectivity index (χ1v) is 9.45. The third-order valence-corrected chi connectivity index (χ3v) is 5.36. The SMILES string of the molecule is C[C@H]1Nc2ccn3ncc(c3n2)C(=O)N2CCC[C@H](C2)Oc2ccc(F)cc21. The normalized spacial score (nSPS) is 21.9. The molecule has 1 saturated heterocycles. The Hall–Kier alpha value is -3.16. The monoisotopic (exact) mass is 381 g/mol. The molecule has 1 amide bonds. The Labute approximate surface area is 161 Å². The molecule has 4 heterocycles. The van der Waals surface area contributed by atoms with Crippen LogP contribution in [0.3, 0.4) is 0 Å². The van der Waals surface area contributed by atoms with Gasteiger partial charge in [-0.3, -0.25) is 4.79 Å². The second kappa shape index (κ2) is 6.47. The van der Waals surface area contributed by atoms with E-state index >= 15 is 0 Å². The molecule has 7 nitrogen and oxygen atoms in total.